The Kier molecular flexibility index (Phi) is 16.0. The highest BCUT2D eigenvalue weighted by molar-refractivity contribution is 6.38. The number of carboxylic acid groups (broad SMARTS) is 1. The van der Waals surface area contributed by atoms with Crippen LogP contribution in [0.3, 0.4) is 0 Å². The first-order chi connectivity index (χ1) is 28.2. The number of nitrogens with two attached hydrogens (primary N) is 1. The second kappa shape index (κ2) is 20.3. The lowest BCUT2D eigenvalue weighted by Crippen LogP contribution is -2.47. The first kappa shape index (κ1) is 47.4. The van der Waals surface area contributed by atoms with E-state index in [2.05, 4.69) is 5.32 Å². The number of nitrogens with zero attached hydrogens (tertiary/aromatic N) is 1. The number of nitrogens with one attached hydrogen (secondary N) is 1. The number of halogens is 4. The van der Waals surface area contributed by atoms with Crippen molar-refractivity contribution in [3.8, 4) is 0 Å². The number of hydrogen-bond acceptors (Lipinski definition) is 9. The monoisotopic (exact) mass is 845 g/mol. The number of hydrogen-bond donors (Lipinski definition) is 3. The molecule has 2 aromatic rings. The third-order valence-corrected chi connectivity index (χ3v) is 11.0. The van der Waals surface area contributed by atoms with Crippen LogP contribution in [0.5, 0.6) is 0 Å². The van der Waals surface area contributed by atoms with Gasteiger partial charge in [-0.2, -0.15) is 0 Å². The van der Waals surface area contributed by atoms with E-state index in [0.717, 1.165) is 6.42 Å². The minimum absolute atomic E-state index is 0.0321. The molecule has 0 bridgehead atoms. The van der Waals surface area contributed by atoms with Gasteiger partial charge in [0.05, 0.1) is 23.3 Å². The van der Waals surface area contributed by atoms with E-state index in [1.807, 2.05) is 0 Å². The maximum Gasteiger partial charge on any atom is 0.339 e. The van der Waals surface area contributed by atoms with Crippen LogP contribution in [0.1, 0.15) is 131 Å². The van der Waals surface area contributed by atoms with E-state index in [0.29, 0.717) is 31.2 Å². The number of amides is 3. The molecule has 1 saturated heterocycles. The molecule has 1 heterocycles. The summed E-state index contributed by atoms with van der Waals surface area (Å²) in [6, 6.07) is 5.74. The predicted octanol–water partition coefficient (Wildman–Crippen LogP) is 5.74. The van der Waals surface area contributed by atoms with Gasteiger partial charge in [-0.15, -0.1) is 0 Å². The largest absolute Gasteiger partial charge is 0.478 e. The van der Waals surface area contributed by atoms with Crippen molar-refractivity contribution in [2.45, 2.75) is 122 Å². The van der Waals surface area contributed by atoms with Crippen LogP contribution >= 0.6 is 0 Å². The molecule has 13 nitrogen and oxygen atoms in total. The highest BCUT2D eigenvalue weighted by Gasteiger charge is 2.46. The second-order valence-electron chi connectivity index (χ2n) is 16.4. The number of Topliss-reactive ketones (excluding diaryl/α,β-unsaturated/α-hetero) is 4. The first-order valence-corrected chi connectivity index (χ1v) is 20.0. The molecule has 0 radical (unpaired) electrons. The van der Waals surface area contributed by atoms with Gasteiger partial charge < -0.3 is 25.8 Å². The van der Waals surface area contributed by atoms with Gasteiger partial charge in [0.15, 0.2) is 40.6 Å². The van der Waals surface area contributed by atoms with Crippen LogP contribution in [0.2, 0.25) is 0 Å². The third-order valence-electron chi connectivity index (χ3n) is 11.0. The molecule has 3 amide bonds. The highest BCUT2D eigenvalue weighted by atomic mass is 19.2. The Labute approximate surface area is 344 Å². The fourth-order valence-electron chi connectivity index (χ4n) is 8.11. The van der Waals surface area contributed by atoms with Crippen LogP contribution in [0.4, 0.5) is 17.6 Å². The van der Waals surface area contributed by atoms with Crippen molar-refractivity contribution in [3.63, 3.8) is 0 Å². The molecule has 4 N–H and O–H groups in total. The number of carbonyl (C=O) groups excluding carboxylic acids is 7. The van der Waals surface area contributed by atoms with Crippen molar-refractivity contribution in [2.24, 2.45) is 23.5 Å². The normalized spacial score (nSPS) is 18.6. The van der Waals surface area contributed by atoms with Crippen LogP contribution in [0.25, 0.3) is 0 Å². The van der Waals surface area contributed by atoms with E-state index < -0.39 is 148 Å². The molecular weight excluding hydrogens is 794 g/mol. The average Bonchev–Trinajstić information content (AvgIpc) is 3.62. The minimum Gasteiger partial charge on any atom is -0.478 e. The molecule has 2 fully saturated rings. The minimum atomic E-state index is -2.42. The summed E-state index contributed by atoms with van der Waals surface area (Å²) in [6.45, 7) is 6.67. The van der Waals surface area contributed by atoms with Crippen molar-refractivity contribution in [3.05, 3.63) is 70.3 Å². The average molecular weight is 846 g/mol. The number of primary amides is 1. The summed E-state index contributed by atoms with van der Waals surface area (Å²) in [6.07, 6.45) is -0.278. The maximum atomic E-state index is 15.1. The Morgan fingerprint density at radius 2 is 1.47 bits per heavy atom. The topological polar surface area (TPSA) is 207 Å². The van der Waals surface area contributed by atoms with Crippen molar-refractivity contribution >= 4 is 46.8 Å². The van der Waals surface area contributed by atoms with Crippen molar-refractivity contribution < 1.29 is 65.8 Å². The zero-order valence-electron chi connectivity index (χ0n) is 34.0. The second-order valence-corrected chi connectivity index (χ2v) is 16.4. The van der Waals surface area contributed by atoms with Crippen molar-refractivity contribution in [2.75, 3.05) is 6.54 Å². The van der Waals surface area contributed by atoms with Crippen LogP contribution in [-0.4, -0.2) is 81.1 Å². The summed E-state index contributed by atoms with van der Waals surface area (Å²) in [5, 5.41) is 12.0. The zero-order valence-corrected chi connectivity index (χ0v) is 34.0. The third kappa shape index (κ3) is 11.5. The Bertz CT molecular complexity index is 2000. The zero-order chi connectivity index (χ0) is 44.6. The van der Waals surface area contributed by atoms with Gasteiger partial charge in [-0.05, 0) is 51.5 Å². The number of ketones is 4. The molecule has 60 heavy (non-hydrogen) atoms. The van der Waals surface area contributed by atoms with Crippen LogP contribution in [0.15, 0.2) is 30.3 Å². The number of carboxylic acids is 1. The van der Waals surface area contributed by atoms with Crippen LogP contribution in [0, 0.1) is 41.0 Å². The number of benzene rings is 2. The molecule has 4 rings (SSSR count). The van der Waals surface area contributed by atoms with E-state index in [1.165, 1.54) is 4.90 Å². The molecule has 17 heteroatoms. The number of likely N-dealkylation sites (tertiary alicyclic amines) is 1. The summed E-state index contributed by atoms with van der Waals surface area (Å²) < 4.78 is 64.3. The summed E-state index contributed by atoms with van der Waals surface area (Å²) >= 11 is 0. The van der Waals surface area contributed by atoms with Crippen LogP contribution < -0.4 is 11.1 Å². The molecular formula is C43H51F4N3O10. The van der Waals surface area contributed by atoms with E-state index in [9.17, 15) is 56.6 Å². The Hall–Kier alpha value is -5.32. The molecule has 1 aliphatic heterocycles. The lowest BCUT2D eigenvalue weighted by molar-refractivity contribution is -0.144. The van der Waals surface area contributed by atoms with Gasteiger partial charge in [0.2, 0.25) is 23.5 Å². The molecule has 1 saturated carbocycles. The van der Waals surface area contributed by atoms with Crippen molar-refractivity contribution in [1.29, 1.82) is 0 Å². The van der Waals surface area contributed by atoms with Gasteiger partial charge >= 0.3 is 5.97 Å². The Morgan fingerprint density at radius 1 is 0.867 bits per heavy atom. The SMILES string of the molecule is CCC(CC(=O)[C@@H]1C[C@@H](OC(C)(C)C)CN1C(=O)[C@@H](CC(=O)c1c(F)c(F)c(F)c(F)c1C(=O)O)C1CCCCC1)C(=O)C(=O)CCC(=O)N[C@H](C(N)=O)c1ccccc1. The molecule has 0 spiro atoms. The first-order valence-electron chi connectivity index (χ1n) is 20.0. The number of rotatable bonds is 19. The Balaban J connectivity index is 1.56. The van der Waals surface area contributed by atoms with Gasteiger partial charge in [0.25, 0.3) is 0 Å². The van der Waals surface area contributed by atoms with E-state index in [-0.39, 0.29) is 19.4 Å². The molecule has 2 aliphatic rings. The standard InChI is InChI=1S/C43H51F4N3O10/c1-5-22(39(55)28(51)16-17-31(54)49-38(40(48)56)24-14-10-7-11-15-24)18-29(52)27-19-25(60-43(2,3)4)21-50(27)41(57)26(23-12-8-6-9-13-23)20-30(53)32-33(42(58)59)35(45)37(47)36(46)34(32)44/h7,10-11,14-15,22-23,25-27,38H,5-6,8-9,12-13,16-21H2,1-4H3,(H2,48,56)(H,49,54)(H,58,59)/t22?,25-,26+,27+,38+/m1/s1. The molecule has 1 unspecified atom stereocenters. The molecule has 5 atom stereocenters. The summed E-state index contributed by atoms with van der Waals surface area (Å²) in [7, 11) is 0. The van der Waals surface area contributed by atoms with Gasteiger partial charge in [0, 0.05) is 50.5 Å². The fourth-order valence-corrected chi connectivity index (χ4v) is 8.11. The van der Waals surface area contributed by atoms with Crippen LogP contribution in [-0.2, 0) is 33.5 Å². The summed E-state index contributed by atoms with van der Waals surface area (Å²) in [4.78, 5) is 107. The van der Waals surface area contributed by atoms with E-state index in [1.54, 1.807) is 58.0 Å². The lowest BCUT2D eigenvalue weighted by atomic mass is 9.76. The fraction of sp³-hybridized carbons (Fsp3) is 0.535. The molecule has 2 aromatic carbocycles. The lowest BCUT2D eigenvalue weighted by Gasteiger charge is -2.34. The smallest absolute Gasteiger partial charge is 0.339 e. The molecule has 1 aliphatic carbocycles. The maximum absolute atomic E-state index is 15.1. The van der Waals surface area contributed by atoms with E-state index >= 15 is 4.39 Å². The van der Waals surface area contributed by atoms with Crippen molar-refractivity contribution in [1.82, 2.24) is 10.2 Å². The number of ether oxygens (including phenoxy) is 1. The van der Waals surface area contributed by atoms with Gasteiger partial charge in [-0.25, -0.2) is 22.4 Å². The van der Waals surface area contributed by atoms with Gasteiger partial charge in [0.1, 0.15) is 11.6 Å². The highest BCUT2D eigenvalue weighted by Crippen LogP contribution is 2.38. The Morgan fingerprint density at radius 3 is 2.02 bits per heavy atom. The molecule has 0 aromatic heterocycles. The summed E-state index contributed by atoms with van der Waals surface area (Å²) in [5.41, 5.74) is 1.85. The van der Waals surface area contributed by atoms with Gasteiger partial charge in [-0.1, -0.05) is 56.5 Å². The number of carbonyl (C=O) groups is 8. The predicted molar refractivity (Wildman–Crippen MR) is 206 cm³/mol. The molecule has 326 valence electrons. The van der Waals surface area contributed by atoms with Gasteiger partial charge in [-0.3, -0.25) is 33.6 Å². The number of aromatic carboxylic acids is 1. The quantitative estimate of drug-likeness (QED) is 0.0514. The van der Waals surface area contributed by atoms with E-state index in [4.69, 9.17) is 10.5 Å². The summed E-state index contributed by atoms with van der Waals surface area (Å²) in [5.74, 6) is -20.8.